The summed E-state index contributed by atoms with van der Waals surface area (Å²) in [6.45, 7) is 0. The van der Waals surface area contributed by atoms with E-state index in [1.807, 2.05) is 0 Å². The maximum atomic E-state index is 10.2. The van der Waals surface area contributed by atoms with Crippen molar-refractivity contribution in [2.24, 2.45) is 0 Å². The van der Waals surface area contributed by atoms with Gasteiger partial charge in [-0.3, -0.25) is 0 Å². The molecule has 0 atom stereocenters. The molecule has 0 spiro atoms. The molecule has 0 saturated carbocycles. The van der Waals surface area contributed by atoms with Gasteiger partial charge in [0.2, 0.25) is 0 Å². The Morgan fingerprint density at radius 2 is 1.83 bits per heavy atom. The fourth-order valence-corrected chi connectivity index (χ4v) is 0.581. The molecule has 0 radical (unpaired) electrons. The maximum absolute atomic E-state index is 10.2. The minimum Gasteiger partial charge on any atom is -0.478 e. The summed E-state index contributed by atoms with van der Waals surface area (Å²) < 4.78 is 0. The van der Waals surface area contributed by atoms with Crippen molar-refractivity contribution in [2.75, 3.05) is 0 Å². The van der Waals surface area contributed by atoms with E-state index in [-0.39, 0.29) is 0 Å². The lowest BCUT2D eigenvalue weighted by Crippen LogP contribution is -1.93. The molecule has 4 heteroatoms. The van der Waals surface area contributed by atoms with E-state index in [1.54, 1.807) is 30.3 Å². The molecule has 3 nitrogen and oxygen atoms in total. The minimum absolute atomic E-state index is 0.331. The third kappa shape index (κ3) is 4.36. The summed E-state index contributed by atoms with van der Waals surface area (Å²) in [5.74, 6) is -0.879. The van der Waals surface area contributed by atoms with Crippen LogP contribution in [0.4, 0.5) is 0 Å². The number of benzene rings is 1. The average Bonchev–Trinajstić information content (AvgIpc) is 2.07. The Bertz CT molecular complexity index is 279. The third-order valence-electron chi connectivity index (χ3n) is 1.02. The second kappa shape index (κ2) is 6.25. The number of carbonyl (C=O) groups is 1. The summed E-state index contributed by atoms with van der Waals surface area (Å²) in [6.07, 6.45) is 0. The quantitative estimate of drug-likeness (QED) is 0.512. The normalized spacial score (nSPS) is 7.33. The van der Waals surface area contributed by atoms with E-state index in [0.717, 1.165) is 0 Å². The molecule has 1 N–H and O–H groups in total. The molecule has 0 heterocycles. The van der Waals surface area contributed by atoms with Gasteiger partial charge < -0.3 is 5.11 Å². The van der Waals surface area contributed by atoms with Gasteiger partial charge >= 0.3 is 5.97 Å². The van der Waals surface area contributed by atoms with Crippen molar-refractivity contribution >= 4 is 18.6 Å². The van der Waals surface area contributed by atoms with Crippen molar-refractivity contribution in [3.05, 3.63) is 35.9 Å². The van der Waals surface area contributed by atoms with Gasteiger partial charge in [-0.05, 0) is 12.1 Å². The first-order valence-corrected chi connectivity index (χ1v) is 3.48. The zero-order valence-corrected chi connectivity index (χ0v) is 7.03. The SMILES string of the molecule is N#CS.O=C(O)c1ccccc1. The number of hydrogen-bond acceptors (Lipinski definition) is 3. The van der Waals surface area contributed by atoms with Crippen LogP contribution in [0.5, 0.6) is 0 Å². The zero-order valence-electron chi connectivity index (χ0n) is 6.14. The van der Waals surface area contributed by atoms with Crippen LogP contribution >= 0.6 is 12.6 Å². The Kier molecular flexibility index (Phi) is 5.49. The van der Waals surface area contributed by atoms with Gasteiger partial charge in [0.15, 0.2) is 0 Å². The summed E-state index contributed by atoms with van der Waals surface area (Å²) in [5, 5.41) is 17.0. The summed E-state index contributed by atoms with van der Waals surface area (Å²) in [4.78, 5) is 10.2. The van der Waals surface area contributed by atoms with Gasteiger partial charge in [-0.15, -0.1) is 0 Å². The Morgan fingerprint density at radius 3 is 2.08 bits per heavy atom. The third-order valence-corrected chi connectivity index (χ3v) is 1.02. The average molecular weight is 181 g/mol. The molecule has 0 aromatic heterocycles. The lowest BCUT2D eigenvalue weighted by molar-refractivity contribution is 0.0697. The molecule has 0 aliphatic rings. The van der Waals surface area contributed by atoms with Crippen LogP contribution in [0.15, 0.2) is 30.3 Å². The standard InChI is InChI=1S/C7H6O2.CHNS/c8-7(9)6-4-2-1-3-5-6;2-1-3/h1-5H,(H,8,9);3H. The van der Waals surface area contributed by atoms with E-state index in [9.17, 15) is 4.79 Å². The molecule has 1 rings (SSSR count). The van der Waals surface area contributed by atoms with Gasteiger partial charge in [0, 0.05) is 0 Å². The summed E-state index contributed by atoms with van der Waals surface area (Å²) in [7, 11) is 0. The number of nitriles is 1. The minimum atomic E-state index is -0.879. The first kappa shape index (κ1) is 10.5. The molecule has 0 fully saturated rings. The van der Waals surface area contributed by atoms with Gasteiger partial charge in [-0.1, -0.05) is 30.8 Å². The molecule has 0 unspecified atom stereocenters. The second-order valence-corrected chi connectivity index (χ2v) is 1.97. The molecule has 0 aliphatic heterocycles. The van der Waals surface area contributed by atoms with Crippen LogP contribution in [0.2, 0.25) is 0 Å². The van der Waals surface area contributed by atoms with E-state index in [4.69, 9.17) is 10.4 Å². The molecule has 0 saturated heterocycles. The van der Waals surface area contributed by atoms with E-state index in [2.05, 4.69) is 12.6 Å². The lowest BCUT2D eigenvalue weighted by atomic mass is 10.2. The number of aromatic carboxylic acids is 1. The van der Waals surface area contributed by atoms with Crippen molar-refractivity contribution in [3.8, 4) is 5.40 Å². The van der Waals surface area contributed by atoms with Crippen LogP contribution in [0.3, 0.4) is 0 Å². The monoisotopic (exact) mass is 181 g/mol. The first-order valence-electron chi connectivity index (χ1n) is 3.04. The van der Waals surface area contributed by atoms with Crippen molar-refractivity contribution in [3.63, 3.8) is 0 Å². The molecule has 1 aromatic rings. The van der Waals surface area contributed by atoms with Crippen molar-refractivity contribution < 1.29 is 9.90 Å². The molecule has 12 heavy (non-hydrogen) atoms. The number of carboxylic acid groups (broad SMARTS) is 1. The van der Waals surface area contributed by atoms with Crippen molar-refractivity contribution in [1.29, 1.82) is 5.26 Å². The van der Waals surface area contributed by atoms with Gasteiger partial charge in [0.25, 0.3) is 0 Å². The van der Waals surface area contributed by atoms with Gasteiger partial charge in [-0.25, -0.2) is 4.79 Å². The molecule has 0 amide bonds. The smallest absolute Gasteiger partial charge is 0.335 e. The number of carboxylic acids is 1. The summed E-state index contributed by atoms with van der Waals surface area (Å²) in [6, 6.07) is 8.30. The summed E-state index contributed by atoms with van der Waals surface area (Å²) >= 11 is 3.09. The van der Waals surface area contributed by atoms with Gasteiger partial charge in [0.1, 0.15) is 5.40 Å². The van der Waals surface area contributed by atoms with Crippen LogP contribution in [0.1, 0.15) is 10.4 Å². The molecule has 0 aliphatic carbocycles. The maximum Gasteiger partial charge on any atom is 0.335 e. The van der Waals surface area contributed by atoms with Crippen LogP contribution in [-0.2, 0) is 0 Å². The molecule has 0 bridgehead atoms. The second-order valence-electron chi connectivity index (χ2n) is 1.77. The number of nitrogens with zero attached hydrogens (tertiary/aromatic N) is 1. The lowest BCUT2D eigenvalue weighted by Gasteiger charge is -1.88. The highest BCUT2D eigenvalue weighted by atomic mass is 32.1. The fourth-order valence-electron chi connectivity index (χ4n) is 0.581. The Balaban J connectivity index is 0.000000354. The highest BCUT2D eigenvalue weighted by molar-refractivity contribution is 7.85. The fraction of sp³-hybridized carbons (Fsp3) is 0. The van der Waals surface area contributed by atoms with Crippen LogP contribution in [-0.4, -0.2) is 11.1 Å². The molecular formula is C8H7NO2S. The molecule has 1 aromatic carbocycles. The van der Waals surface area contributed by atoms with Crippen molar-refractivity contribution in [1.82, 2.24) is 0 Å². The zero-order chi connectivity index (χ0) is 9.40. The number of hydrogen-bond donors (Lipinski definition) is 2. The molecule has 62 valence electrons. The first-order chi connectivity index (χ1) is 5.72. The van der Waals surface area contributed by atoms with E-state index in [0.29, 0.717) is 5.56 Å². The Morgan fingerprint density at radius 1 is 1.42 bits per heavy atom. The van der Waals surface area contributed by atoms with Gasteiger partial charge in [-0.2, -0.15) is 5.26 Å². The highest BCUT2D eigenvalue weighted by Crippen LogP contribution is 1.96. The van der Waals surface area contributed by atoms with Crippen LogP contribution in [0.25, 0.3) is 0 Å². The van der Waals surface area contributed by atoms with Crippen molar-refractivity contribution in [2.45, 2.75) is 0 Å². The number of thiocyanates is 1. The predicted octanol–water partition coefficient (Wildman–Crippen LogP) is 1.78. The molecular weight excluding hydrogens is 174 g/mol. The number of rotatable bonds is 1. The highest BCUT2D eigenvalue weighted by Gasteiger charge is 1.96. The van der Waals surface area contributed by atoms with E-state index >= 15 is 0 Å². The van der Waals surface area contributed by atoms with Crippen LogP contribution < -0.4 is 0 Å². The Labute approximate surface area is 75.7 Å². The van der Waals surface area contributed by atoms with Gasteiger partial charge in [0.05, 0.1) is 5.56 Å². The predicted molar refractivity (Wildman–Crippen MR) is 48.0 cm³/mol. The Hall–Kier alpha value is -1.47. The topological polar surface area (TPSA) is 61.1 Å². The van der Waals surface area contributed by atoms with E-state index in [1.165, 1.54) is 5.40 Å². The van der Waals surface area contributed by atoms with E-state index < -0.39 is 5.97 Å². The van der Waals surface area contributed by atoms with Crippen LogP contribution in [0, 0.1) is 10.7 Å². The summed E-state index contributed by atoms with van der Waals surface area (Å²) in [5.41, 5.74) is 0.331. The number of thiol groups is 1. The largest absolute Gasteiger partial charge is 0.478 e.